The van der Waals surface area contributed by atoms with Crippen molar-refractivity contribution in [1.29, 1.82) is 0 Å². The Hall–Kier alpha value is -1.67. The summed E-state index contributed by atoms with van der Waals surface area (Å²) < 4.78 is 0. The highest BCUT2D eigenvalue weighted by atomic mass is 32.2. The van der Waals surface area contributed by atoms with Gasteiger partial charge >= 0.3 is 0 Å². The first-order chi connectivity index (χ1) is 12.1. The maximum atomic E-state index is 4.64. The van der Waals surface area contributed by atoms with Crippen LogP contribution in [-0.2, 0) is 0 Å². The molecule has 1 aliphatic heterocycles. The van der Waals surface area contributed by atoms with E-state index in [9.17, 15) is 0 Å². The van der Waals surface area contributed by atoms with Crippen molar-refractivity contribution in [2.45, 2.75) is 50.6 Å². The lowest BCUT2D eigenvalue weighted by Gasteiger charge is -2.33. The van der Waals surface area contributed by atoms with Gasteiger partial charge in [-0.1, -0.05) is 13.8 Å². The van der Waals surface area contributed by atoms with Crippen molar-refractivity contribution in [3.63, 3.8) is 0 Å². The third-order valence-electron chi connectivity index (χ3n) is 4.43. The Balaban J connectivity index is 1.44. The van der Waals surface area contributed by atoms with Gasteiger partial charge < -0.3 is 10.2 Å². The molecule has 136 valence electrons. The van der Waals surface area contributed by atoms with E-state index in [0.717, 1.165) is 60.6 Å². The molecule has 1 fully saturated rings. The van der Waals surface area contributed by atoms with Crippen molar-refractivity contribution < 1.29 is 0 Å². The number of aromatic amines is 1. The molecule has 0 unspecified atom stereocenters. The lowest BCUT2D eigenvalue weighted by atomic mass is 10.0. The van der Waals surface area contributed by atoms with E-state index in [2.05, 4.69) is 55.5 Å². The molecule has 0 saturated carbocycles. The lowest BCUT2D eigenvalue weighted by molar-refractivity contribution is 0.423. The summed E-state index contributed by atoms with van der Waals surface area (Å²) in [5.41, 5.74) is 1.13. The number of aromatic nitrogens is 5. The SMILES string of the molecule is Cc1nc(C(C)C)cc(N2CCC(NCCSc3cn[nH]n3)CC2)n1. The number of aryl methyl sites for hydroxylation is 1. The number of anilines is 1. The molecule has 25 heavy (non-hydrogen) atoms. The fourth-order valence-electron chi connectivity index (χ4n) is 3.02. The van der Waals surface area contributed by atoms with Gasteiger partial charge in [0.15, 0.2) is 0 Å². The third kappa shape index (κ3) is 5.15. The minimum Gasteiger partial charge on any atom is -0.356 e. The van der Waals surface area contributed by atoms with Crippen LogP contribution >= 0.6 is 11.8 Å². The zero-order valence-corrected chi connectivity index (χ0v) is 16.0. The van der Waals surface area contributed by atoms with Crippen LogP contribution in [0.1, 0.15) is 44.1 Å². The van der Waals surface area contributed by atoms with Crippen molar-refractivity contribution in [2.75, 3.05) is 30.3 Å². The molecule has 3 rings (SSSR count). The van der Waals surface area contributed by atoms with Crippen LogP contribution in [0.4, 0.5) is 5.82 Å². The molecule has 0 atom stereocenters. The van der Waals surface area contributed by atoms with Crippen LogP contribution in [0.2, 0.25) is 0 Å². The molecular weight excluding hydrogens is 334 g/mol. The molecule has 0 aromatic carbocycles. The van der Waals surface area contributed by atoms with Gasteiger partial charge in [-0.05, 0) is 25.7 Å². The van der Waals surface area contributed by atoms with Gasteiger partial charge in [0.1, 0.15) is 16.7 Å². The molecule has 1 aliphatic rings. The van der Waals surface area contributed by atoms with Crippen LogP contribution in [-0.4, -0.2) is 56.8 Å². The second-order valence-electron chi connectivity index (χ2n) is 6.73. The summed E-state index contributed by atoms with van der Waals surface area (Å²) in [6.45, 7) is 9.42. The van der Waals surface area contributed by atoms with Crippen LogP contribution in [0.3, 0.4) is 0 Å². The van der Waals surface area contributed by atoms with E-state index in [1.54, 1.807) is 18.0 Å². The smallest absolute Gasteiger partial charge is 0.138 e. The summed E-state index contributed by atoms with van der Waals surface area (Å²) in [5.74, 6) is 3.39. The molecular formula is C17H27N7S. The summed E-state index contributed by atoms with van der Waals surface area (Å²) in [5, 5.41) is 15.1. The highest BCUT2D eigenvalue weighted by Crippen LogP contribution is 2.22. The van der Waals surface area contributed by atoms with Gasteiger partial charge in [0, 0.05) is 43.2 Å². The molecule has 8 heteroatoms. The summed E-state index contributed by atoms with van der Waals surface area (Å²) in [7, 11) is 0. The largest absolute Gasteiger partial charge is 0.356 e. The number of thioether (sulfide) groups is 1. The number of hydrogen-bond acceptors (Lipinski definition) is 7. The molecule has 2 N–H and O–H groups in total. The monoisotopic (exact) mass is 361 g/mol. The molecule has 1 saturated heterocycles. The summed E-state index contributed by atoms with van der Waals surface area (Å²) in [6.07, 6.45) is 4.06. The molecule has 0 radical (unpaired) electrons. The van der Waals surface area contributed by atoms with Crippen LogP contribution in [0, 0.1) is 6.92 Å². The average Bonchev–Trinajstić information content (AvgIpc) is 3.12. The van der Waals surface area contributed by atoms with Gasteiger partial charge in [-0.25, -0.2) is 9.97 Å². The molecule has 3 heterocycles. The highest BCUT2D eigenvalue weighted by molar-refractivity contribution is 7.99. The normalized spacial score (nSPS) is 15.9. The second-order valence-corrected chi connectivity index (χ2v) is 7.84. The molecule has 0 bridgehead atoms. The van der Waals surface area contributed by atoms with Crippen molar-refractivity contribution >= 4 is 17.6 Å². The molecule has 0 spiro atoms. The third-order valence-corrected chi connectivity index (χ3v) is 5.33. The predicted octanol–water partition coefficient (Wildman–Crippen LogP) is 2.38. The number of hydrogen-bond donors (Lipinski definition) is 2. The van der Waals surface area contributed by atoms with E-state index in [0.29, 0.717) is 12.0 Å². The topological polar surface area (TPSA) is 82.6 Å². The Labute approximate surface area is 153 Å². The maximum absolute atomic E-state index is 4.64. The average molecular weight is 362 g/mol. The predicted molar refractivity (Wildman–Crippen MR) is 101 cm³/mol. The second kappa shape index (κ2) is 8.62. The number of H-pyrrole nitrogens is 1. The molecule has 2 aromatic heterocycles. The van der Waals surface area contributed by atoms with Gasteiger partial charge in [0.25, 0.3) is 0 Å². The molecule has 0 amide bonds. The molecule has 2 aromatic rings. The zero-order chi connectivity index (χ0) is 17.6. The standard InChI is InChI=1S/C17H27N7S/c1-12(2)15-10-16(21-13(3)20-15)24-7-4-14(5-8-24)18-6-9-25-17-11-19-23-22-17/h10-12,14,18H,4-9H2,1-3H3,(H,19,22,23). The maximum Gasteiger partial charge on any atom is 0.138 e. The fraction of sp³-hybridized carbons (Fsp3) is 0.647. The Morgan fingerprint density at radius 2 is 2.12 bits per heavy atom. The van der Waals surface area contributed by atoms with E-state index in [4.69, 9.17) is 0 Å². The molecule has 0 aliphatic carbocycles. The van der Waals surface area contributed by atoms with E-state index in [-0.39, 0.29) is 0 Å². The zero-order valence-electron chi connectivity index (χ0n) is 15.2. The Bertz CT molecular complexity index is 651. The van der Waals surface area contributed by atoms with Crippen molar-refractivity contribution in [3.8, 4) is 0 Å². The highest BCUT2D eigenvalue weighted by Gasteiger charge is 2.20. The number of piperidine rings is 1. The fourth-order valence-corrected chi connectivity index (χ4v) is 3.69. The quantitative estimate of drug-likeness (QED) is 0.579. The molecule has 7 nitrogen and oxygen atoms in total. The number of nitrogens with zero attached hydrogens (tertiary/aromatic N) is 5. The minimum absolute atomic E-state index is 0.432. The van der Waals surface area contributed by atoms with Crippen LogP contribution < -0.4 is 10.2 Å². The Morgan fingerprint density at radius 1 is 1.32 bits per heavy atom. The van der Waals surface area contributed by atoms with Crippen molar-refractivity contribution in [3.05, 3.63) is 23.8 Å². The first-order valence-electron chi connectivity index (χ1n) is 8.94. The van der Waals surface area contributed by atoms with Crippen LogP contribution in [0.15, 0.2) is 17.3 Å². The van der Waals surface area contributed by atoms with E-state index in [1.807, 2.05) is 6.92 Å². The summed E-state index contributed by atoms with van der Waals surface area (Å²) >= 11 is 1.72. The van der Waals surface area contributed by atoms with E-state index >= 15 is 0 Å². The van der Waals surface area contributed by atoms with Gasteiger partial charge in [0.2, 0.25) is 0 Å². The lowest BCUT2D eigenvalue weighted by Crippen LogP contribution is -2.43. The minimum atomic E-state index is 0.432. The van der Waals surface area contributed by atoms with Crippen LogP contribution in [0.25, 0.3) is 0 Å². The number of rotatable bonds is 7. The number of nitrogens with one attached hydrogen (secondary N) is 2. The van der Waals surface area contributed by atoms with Gasteiger partial charge in [-0.15, -0.1) is 16.9 Å². The first kappa shape index (κ1) is 18.1. The van der Waals surface area contributed by atoms with Crippen molar-refractivity contribution in [2.24, 2.45) is 0 Å². The van der Waals surface area contributed by atoms with E-state index in [1.165, 1.54) is 0 Å². The Kier molecular flexibility index (Phi) is 6.25. The van der Waals surface area contributed by atoms with Gasteiger partial charge in [-0.2, -0.15) is 10.3 Å². The van der Waals surface area contributed by atoms with E-state index < -0.39 is 0 Å². The summed E-state index contributed by atoms with van der Waals surface area (Å²) in [4.78, 5) is 11.6. The summed E-state index contributed by atoms with van der Waals surface area (Å²) in [6, 6.07) is 2.74. The Morgan fingerprint density at radius 3 is 2.80 bits per heavy atom. The van der Waals surface area contributed by atoms with Crippen LogP contribution in [0.5, 0.6) is 0 Å². The van der Waals surface area contributed by atoms with Gasteiger partial charge in [0.05, 0.1) is 6.20 Å². The van der Waals surface area contributed by atoms with Crippen molar-refractivity contribution in [1.82, 2.24) is 30.7 Å². The van der Waals surface area contributed by atoms with Gasteiger partial charge in [-0.3, -0.25) is 0 Å². The first-order valence-corrected chi connectivity index (χ1v) is 9.93.